The molecule has 3 aromatic heterocycles. The van der Waals surface area contributed by atoms with E-state index in [1.165, 1.54) is 0 Å². The number of piperidine rings is 2. The zero-order chi connectivity index (χ0) is 35.9. The number of rotatable bonds is 9. The van der Waals surface area contributed by atoms with E-state index in [2.05, 4.69) is 44.2 Å². The van der Waals surface area contributed by atoms with Gasteiger partial charge in [-0.1, -0.05) is 0 Å². The zero-order valence-electron chi connectivity index (χ0n) is 30.0. The minimum Gasteiger partial charge on any atom is -0.381 e. The molecule has 0 radical (unpaired) electrons. The fraction of sp³-hybridized carbons (Fsp3) is 0.514. The number of aromatic nitrogens is 5. The summed E-state index contributed by atoms with van der Waals surface area (Å²) in [5, 5.41) is 11.9. The minimum atomic E-state index is -0.362. The van der Waals surface area contributed by atoms with Gasteiger partial charge in [0.15, 0.2) is 5.82 Å². The van der Waals surface area contributed by atoms with Crippen LogP contribution in [-0.2, 0) is 34.0 Å². The van der Waals surface area contributed by atoms with E-state index in [0.29, 0.717) is 55.6 Å². The van der Waals surface area contributed by atoms with Crippen molar-refractivity contribution in [1.82, 2.24) is 39.8 Å². The Morgan fingerprint density at radius 2 is 1.73 bits per heavy atom. The molecule has 2 N–H and O–H groups in total. The van der Waals surface area contributed by atoms with Gasteiger partial charge in [-0.3, -0.25) is 29.4 Å². The molecule has 14 nitrogen and oxygen atoms in total. The first-order valence-corrected chi connectivity index (χ1v) is 18.3. The molecule has 1 atom stereocenters. The summed E-state index contributed by atoms with van der Waals surface area (Å²) in [5.41, 5.74) is 3.63. The number of halogens is 1. The average molecular weight is 712 g/mol. The van der Waals surface area contributed by atoms with Gasteiger partial charge in [-0.2, -0.15) is 10.1 Å². The molecule has 4 aromatic rings. The van der Waals surface area contributed by atoms with Crippen molar-refractivity contribution in [1.29, 1.82) is 0 Å². The van der Waals surface area contributed by atoms with Crippen LogP contribution >= 0.6 is 0 Å². The van der Waals surface area contributed by atoms with Crippen LogP contribution in [0.1, 0.15) is 62.3 Å². The van der Waals surface area contributed by atoms with Crippen molar-refractivity contribution in [3.05, 3.63) is 59.2 Å². The number of fused-ring (bicyclic) bond motifs is 2. The molecule has 8 rings (SSSR count). The Balaban J connectivity index is 0.920. The standard InChI is InChI=1S/C37H46FN11O3/c1-23(2)49-31-18-33(41-32-6-9-39-37(42-32)47-10-7-27(52-3)8-11-47)40-19-28(31)35(44-49)46-14-12-45(13-15-46)20-26-16-24-21-48(22-25(24)17-29(26)38)30-4-5-34(50)43-36(30)51/h6,9,16-19,23,27,30H,4-5,7-8,10-15,20-22H2,1-3H3,(H,43,50,51)(H,39,40,41,42). The molecule has 0 spiro atoms. The molecule has 1 aromatic carbocycles. The van der Waals surface area contributed by atoms with Crippen LogP contribution in [0.5, 0.6) is 0 Å². The number of amides is 2. The SMILES string of the molecule is COC1CCN(c2nccc(Nc3cc4c(cn3)c(N3CCN(Cc5cc6c(cc5F)CN(C5CCC(=O)NC5=O)C6)CC3)nn4C(C)C)n2)CC1. The molecular formula is C37H46FN11O3. The van der Waals surface area contributed by atoms with E-state index in [4.69, 9.17) is 19.8 Å². The Morgan fingerprint density at radius 3 is 2.46 bits per heavy atom. The van der Waals surface area contributed by atoms with E-state index in [0.717, 1.165) is 80.0 Å². The molecule has 15 heteroatoms. The van der Waals surface area contributed by atoms with Gasteiger partial charge < -0.3 is 19.9 Å². The first-order valence-electron chi connectivity index (χ1n) is 18.3. The minimum absolute atomic E-state index is 0.141. The lowest BCUT2D eigenvalue weighted by Crippen LogP contribution is -2.50. The van der Waals surface area contributed by atoms with E-state index in [9.17, 15) is 9.59 Å². The van der Waals surface area contributed by atoms with E-state index in [-0.39, 0.29) is 35.8 Å². The monoisotopic (exact) mass is 711 g/mol. The molecule has 0 saturated carbocycles. The van der Waals surface area contributed by atoms with E-state index >= 15 is 4.39 Å². The number of benzene rings is 1. The third-order valence-electron chi connectivity index (χ3n) is 10.9. The topological polar surface area (TPSA) is 137 Å². The number of pyridine rings is 1. The Morgan fingerprint density at radius 1 is 0.962 bits per heavy atom. The third kappa shape index (κ3) is 6.92. The van der Waals surface area contributed by atoms with Gasteiger partial charge in [-0.05, 0) is 62.4 Å². The van der Waals surface area contributed by atoms with Crippen LogP contribution in [0.3, 0.4) is 0 Å². The van der Waals surface area contributed by atoms with Crippen molar-refractivity contribution >= 4 is 46.1 Å². The van der Waals surface area contributed by atoms with Crippen LogP contribution in [-0.4, -0.2) is 105 Å². The maximum Gasteiger partial charge on any atom is 0.243 e. The normalized spacial score (nSPS) is 20.6. The van der Waals surface area contributed by atoms with E-state index < -0.39 is 0 Å². The number of nitrogens with one attached hydrogen (secondary N) is 2. The molecule has 0 aliphatic carbocycles. The number of nitrogens with zero attached hydrogens (tertiary/aromatic N) is 9. The summed E-state index contributed by atoms with van der Waals surface area (Å²) in [6, 6.07) is 7.26. The number of carbonyl (C=O) groups is 2. The van der Waals surface area contributed by atoms with Crippen molar-refractivity contribution < 1.29 is 18.7 Å². The molecule has 1 unspecified atom stereocenters. The van der Waals surface area contributed by atoms with Crippen molar-refractivity contribution in [2.75, 3.05) is 61.5 Å². The van der Waals surface area contributed by atoms with Crippen molar-refractivity contribution in [2.45, 2.75) is 77.4 Å². The van der Waals surface area contributed by atoms with Crippen LogP contribution in [0.25, 0.3) is 10.9 Å². The highest BCUT2D eigenvalue weighted by molar-refractivity contribution is 6.00. The van der Waals surface area contributed by atoms with Crippen molar-refractivity contribution in [3.8, 4) is 0 Å². The van der Waals surface area contributed by atoms with E-state index in [1.54, 1.807) is 19.4 Å². The fourth-order valence-corrected chi connectivity index (χ4v) is 7.93. The molecule has 4 aliphatic rings. The summed E-state index contributed by atoms with van der Waals surface area (Å²) < 4.78 is 22.9. The first kappa shape index (κ1) is 34.4. The lowest BCUT2D eigenvalue weighted by atomic mass is 10.0. The average Bonchev–Trinajstić information content (AvgIpc) is 3.73. The Labute approximate surface area is 302 Å². The molecule has 4 aliphatic heterocycles. The van der Waals surface area contributed by atoms with Crippen LogP contribution in [0.4, 0.5) is 27.8 Å². The highest BCUT2D eigenvalue weighted by Gasteiger charge is 2.35. The maximum absolute atomic E-state index is 15.4. The van der Waals surface area contributed by atoms with Gasteiger partial charge in [0.2, 0.25) is 17.8 Å². The number of carbonyl (C=O) groups excluding carboxylic acids is 2. The van der Waals surface area contributed by atoms with Crippen molar-refractivity contribution in [3.63, 3.8) is 0 Å². The van der Waals surface area contributed by atoms with Gasteiger partial charge in [-0.15, -0.1) is 0 Å². The molecule has 274 valence electrons. The number of imide groups is 1. The summed E-state index contributed by atoms with van der Waals surface area (Å²) >= 11 is 0. The molecule has 0 bridgehead atoms. The zero-order valence-corrected chi connectivity index (χ0v) is 30.0. The predicted octanol–water partition coefficient (Wildman–Crippen LogP) is 3.74. The smallest absolute Gasteiger partial charge is 0.243 e. The number of hydrogen-bond donors (Lipinski definition) is 2. The number of piperazine rings is 1. The Bertz CT molecular complexity index is 1970. The van der Waals surface area contributed by atoms with Gasteiger partial charge in [0.1, 0.15) is 17.5 Å². The molecule has 3 saturated heterocycles. The predicted molar refractivity (Wildman–Crippen MR) is 195 cm³/mol. The summed E-state index contributed by atoms with van der Waals surface area (Å²) in [7, 11) is 1.77. The molecular weight excluding hydrogens is 665 g/mol. The largest absolute Gasteiger partial charge is 0.381 e. The number of ether oxygens (including phenoxy) is 1. The Kier molecular flexibility index (Phi) is 9.49. The first-order chi connectivity index (χ1) is 25.2. The van der Waals surface area contributed by atoms with Crippen LogP contribution in [0.15, 0.2) is 36.7 Å². The van der Waals surface area contributed by atoms with Crippen LogP contribution < -0.4 is 20.4 Å². The van der Waals surface area contributed by atoms with E-state index in [1.807, 2.05) is 34.0 Å². The molecule has 2 amide bonds. The summed E-state index contributed by atoms with van der Waals surface area (Å²) in [5.74, 6) is 2.28. The maximum atomic E-state index is 15.4. The number of anilines is 4. The summed E-state index contributed by atoms with van der Waals surface area (Å²) in [6.07, 6.45) is 6.69. The second-order valence-corrected chi connectivity index (χ2v) is 14.6. The van der Waals surface area contributed by atoms with Gasteiger partial charge >= 0.3 is 0 Å². The second-order valence-electron chi connectivity index (χ2n) is 14.6. The fourth-order valence-electron chi connectivity index (χ4n) is 7.93. The highest BCUT2D eigenvalue weighted by atomic mass is 19.1. The molecule has 3 fully saturated rings. The lowest BCUT2D eigenvalue weighted by Gasteiger charge is -2.35. The van der Waals surface area contributed by atoms with Gasteiger partial charge in [0.25, 0.3) is 0 Å². The number of methoxy groups -OCH3 is 1. The van der Waals surface area contributed by atoms with Gasteiger partial charge in [0.05, 0.1) is 23.0 Å². The summed E-state index contributed by atoms with van der Waals surface area (Å²) in [4.78, 5) is 47.0. The van der Waals surface area contributed by atoms with Gasteiger partial charge in [-0.25, -0.2) is 14.4 Å². The second kappa shape index (κ2) is 14.4. The van der Waals surface area contributed by atoms with Crippen LogP contribution in [0.2, 0.25) is 0 Å². The lowest BCUT2D eigenvalue weighted by molar-refractivity contribution is -0.137. The molecule has 52 heavy (non-hydrogen) atoms. The quantitative estimate of drug-likeness (QED) is 0.245. The third-order valence-corrected chi connectivity index (χ3v) is 10.9. The summed E-state index contributed by atoms with van der Waals surface area (Å²) in [6.45, 7) is 10.6. The number of hydrogen-bond acceptors (Lipinski definition) is 12. The molecule has 7 heterocycles. The highest BCUT2D eigenvalue weighted by Crippen LogP contribution is 2.33. The van der Waals surface area contributed by atoms with Crippen LogP contribution in [0, 0.1) is 5.82 Å². The van der Waals surface area contributed by atoms with Gasteiger partial charge in [0, 0.05) is 102 Å². The Hall–Kier alpha value is -4.73. The van der Waals surface area contributed by atoms with Crippen molar-refractivity contribution in [2.24, 2.45) is 0 Å².